The fourth-order valence-corrected chi connectivity index (χ4v) is 2.21. The normalized spacial score (nSPS) is 13.2. The van der Waals surface area contributed by atoms with Crippen molar-refractivity contribution >= 4 is 11.9 Å². The van der Waals surface area contributed by atoms with Gasteiger partial charge in [-0.3, -0.25) is 4.79 Å². The molecule has 0 fully saturated rings. The van der Waals surface area contributed by atoms with Crippen molar-refractivity contribution in [2.24, 2.45) is 11.3 Å². The van der Waals surface area contributed by atoms with Crippen molar-refractivity contribution in [3.05, 3.63) is 35.9 Å². The minimum atomic E-state index is -4.68. The van der Waals surface area contributed by atoms with Gasteiger partial charge in [-0.15, -0.1) is 0 Å². The molecule has 1 aromatic carbocycles. The van der Waals surface area contributed by atoms with E-state index in [0.717, 1.165) is 7.11 Å². The molecule has 0 aromatic heterocycles. The highest BCUT2D eigenvalue weighted by Gasteiger charge is 2.48. The summed E-state index contributed by atoms with van der Waals surface area (Å²) in [5.41, 5.74) is -0.483. The van der Waals surface area contributed by atoms with Gasteiger partial charge in [0.25, 0.3) is 0 Å². The maximum Gasteiger partial charge on any atom is 0.402 e. The predicted molar refractivity (Wildman–Crippen MR) is 81.3 cm³/mol. The predicted octanol–water partition coefficient (Wildman–Crippen LogP) is 4.00. The molecule has 0 saturated heterocycles. The van der Waals surface area contributed by atoms with Crippen molar-refractivity contribution < 1.29 is 32.2 Å². The first-order chi connectivity index (χ1) is 11.1. The van der Waals surface area contributed by atoms with Crippen molar-refractivity contribution in [3.63, 3.8) is 0 Å². The smallest absolute Gasteiger partial charge is 0.402 e. The van der Waals surface area contributed by atoms with Crippen molar-refractivity contribution in [1.29, 1.82) is 0 Å². The lowest BCUT2D eigenvalue weighted by Crippen LogP contribution is -2.36. The number of ether oxygens (including phenoxy) is 2. The molecule has 24 heavy (non-hydrogen) atoms. The Kier molecular flexibility index (Phi) is 6.81. The van der Waals surface area contributed by atoms with E-state index in [0.29, 0.717) is 5.56 Å². The molecule has 0 spiro atoms. The van der Waals surface area contributed by atoms with E-state index in [1.54, 1.807) is 44.2 Å². The summed E-state index contributed by atoms with van der Waals surface area (Å²) in [5.74, 6) is -4.04. The van der Waals surface area contributed by atoms with Crippen LogP contribution >= 0.6 is 0 Å². The maximum atomic E-state index is 13.0. The summed E-state index contributed by atoms with van der Waals surface area (Å²) in [6.07, 6.45) is -4.92. The lowest BCUT2D eigenvalue weighted by Gasteiger charge is -2.29. The van der Waals surface area contributed by atoms with Gasteiger partial charge in [0.15, 0.2) is 5.92 Å². The van der Waals surface area contributed by atoms with Crippen LogP contribution in [0.2, 0.25) is 0 Å². The minimum absolute atomic E-state index is 0.0352. The zero-order chi connectivity index (χ0) is 18.4. The fraction of sp³-hybridized carbons (Fsp3) is 0.529. The van der Waals surface area contributed by atoms with E-state index in [-0.39, 0.29) is 13.0 Å². The third-order valence-corrected chi connectivity index (χ3v) is 3.66. The Labute approximate surface area is 138 Å². The quantitative estimate of drug-likeness (QED) is 0.700. The Balaban J connectivity index is 2.59. The first-order valence-corrected chi connectivity index (χ1v) is 7.43. The van der Waals surface area contributed by atoms with E-state index >= 15 is 0 Å². The van der Waals surface area contributed by atoms with Gasteiger partial charge in [0, 0.05) is 0 Å². The molecule has 1 aromatic rings. The monoisotopic (exact) mass is 346 g/mol. The number of benzene rings is 1. The maximum absolute atomic E-state index is 13.0. The molecule has 4 nitrogen and oxygen atoms in total. The van der Waals surface area contributed by atoms with E-state index < -0.39 is 35.9 Å². The SMILES string of the molecule is COC(=O)[C@@H](CC(C)(C)CCOC(=O)c1ccccc1)C(F)(F)F. The Morgan fingerprint density at radius 1 is 1.12 bits per heavy atom. The van der Waals surface area contributed by atoms with Gasteiger partial charge < -0.3 is 9.47 Å². The first-order valence-electron chi connectivity index (χ1n) is 7.43. The van der Waals surface area contributed by atoms with Crippen LogP contribution in [0.3, 0.4) is 0 Å². The van der Waals surface area contributed by atoms with Crippen molar-refractivity contribution in [1.82, 2.24) is 0 Å². The lowest BCUT2D eigenvalue weighted by atomic mass is 9.80. The number of carbonyl (C=O) groups is 2. The number of hydrogen-bond donors (Lipinski definition) is 0. The van der Waals surface area contributed by atoms with E-state index in [1.165, 1.54) is 0 Å². The highest BCUT2D eigenvalue weighted by molar-refractivity contribution is 5.89. The number of carbonyl (C=O) groups excluding carboxylic acids is 2. The summed E-state index contributed by atoms with van der Waals surface area (Å²) in [6, 6.07) is 8.30. The van der Waals surface area contributed by atoms with Gasteiger partial charge in [-0.2, -0.15) is 13.2 Å². The van der Waals surface area contributed by atoms with Crippen LogP contribution in [-0.4, -0.2) is 31.8 Å². The van der Waals surface area contributed by atoms with Crippen LogP contribution in [0.25, 0.3) is 0 Å². The molecule has 0 bridgehead atoms. The summed E-state index contributed by atoms with van der Waals surface area (Å²) < 4.78 is 48.2. The molecule has 134 valence electrons. The van der Waals surface area contributed by atoms with Gasteiger partial charge in [-0.1, -0.05) is 32.0 Å². The summed E-state index contributed by atoms with van der Waals surface area (Å²) in [6.45, 7) is 3.14. The Hall–Kier alpha value is -2.05. The van der Waals surface area contributed by atoms with E-state index in [9.17, 15) is 22.8 Å². The molecule has 0 aliphatic carbocycles. The number of esters is 2. The Bertz CT molecular complexity index is 553. The van der Waals surface area contributed by atoms with Crippen LogP contribution in [0.4, 0.5) is 13.2 Å². The molecule has 1 atom stereocenters. The highest BCUT2D eigenvalue weighted by atomic mass is 19.4. The number of methoxy groups -OCH3 is 1. The number of hydrogen-bond acceptors (Lipinski definition) is 4. The van der Waals surface area contributed by atoms with Crippen molar-refractivity contribution in [2.75, 3.05) is 13.7 Å². The van der Waals surface area contributed by atoms with Crippen LogP contribution in [0.1, 0.15) is 37.0 Å². The highest BCUT2D eigenvalue weighted by Crippen LogP contribution is 2.38. The van der Waals surface area contributed by atoms with Crippen molar-refractivity contribution in [3.8, 4) is 0 Å². The molecule has 0 N–H and O–H groups in total. The molecule has 0 aliphatic rings. The third kappa shape index (κ3) is 6.22. The molecule has 0 amide bonds. The number of rotatable bonds is 7. The summed E-state index contributed by atoms with van der Waals surface area (Å²) in [5, 5.41) is 0. The zero-order valence-corrected chi connectivity index (χ0v) is 13.9. The second-order valence-corrected chi connectivity index (χ2v) is 6.24. The molecular weight excluding hydrogens is 325 g/mol. The summed E-state index contributed by atoms with van der Waals surface area (Å²) in [7, 11) is 0.926. The molecule has 0 radical (unpaired) electrons. The van der Waals surface area contributed by atoms with Gasteiger partial charge in [0.05, 0.1) is 19.3 Å². The zero-order valence-electron chi connectivity index (χ0n) is 13.9. The van der Waals surface area contributed by atoms with Crippen LogP contribution in [-0.2, 0) is 14.3 Å². The third-order valence-electron chi connectivity index (χ3n) is 3.66. The van der Waals surface area contributed by atoms with E-state index in [4.69, 9.17) is 4.74 Å². The molecule has 7 heteroatoms. The average molecular weight is 346 g/mol. The van der Waals surface area contributed by atoms with E-state index in [1.807, 2.05) is 0 Å². The van der Waals surface area contributed by atoms with Crippen molar-refractivity contribution in [2.45, 2.75) is 32.9 Å². The number of halogens is 3. The topological polar surface area (TPSA) is 52.6 Å². The number of alkyl halides is 3. The largest absolute Gasteiger partial charge is 0.469 e. The van der Waals surface area contributed by atoms with E-state index in [2.05, 4.69) is 4.74 Å². The standard InChI is InChI=1S/C17H21F3O4/c1-16(2,11-13(15(22)23-3)17(18,19)20)9-10-24-14(21)12-7-5-4-6-8-12/h4-8,13H,9-11H2,1-3H3/t13-/m1/s1. The Morgan fingerprint density at radius 3 is 2.21 bits per heavy atom. The summed E-state index contributed by atoms with van der Waals surface area (Å²) >= 11 is 0. The first kappa shape index (κ1) is 20.0. The molecule has 0 saturated carbocycles. The Morgan fingerprint density at radius 2 is 1.71 bits per heavy atom. The van der Waals surface area contributed by atoms with Crippen LogP contribution in [0, 0.1) is 11.3 Å². The fourth-order valence-electron chi connectivity index (χ4n) is 2.21. The van der Waals surface area contributed by atoms with Gasteiger partial charge >= 0.3 is 18.1 Å². The van der Waals surface area contributed by atoms with Gasteiger partial charge in [-0.25, -0.2) is 4.79 Å². The molecule has 0 unspecified atom stereocenters. The average Bonchev–Trinajstić information content (AvgIpc) is 2.51. The molecule has 0 heterocycles. The van der Waals surface area contributed by atoms with Crippen LogP contribution in [0.5, 0.6) is 0 Å². The molecule has 1 rings (SSSR count). The lowest BCUT2D eigenvalue weighted by molar-refractivity contribution is -0.201. The van der Waals surface area contributed by atoms with Gasteiger partial charge in [0.2, 0.25) is 0 Å². The van der Waals surface area contributed by atoms with Gasteiger partial charge in [0.1, 0.15) is 0 Å². The summed E-state index contributed by atoms with van der Waals surface area (Å²) in [4.78, 5) is 23.2. The van der Waals surface area contributed by atoms with Gasteiger partial charge in [-0.05, 0) is 30.4 Å². The minimum Gasteiger partial charge on any atom is -0.469 e. The van der Waals surface area contributed by atoms with Crippen LogP contribution in [0.15, 0.2) is 30.3 Å². The molecule has 0 aliphatic heterocycles. The second-order valence-electron chi connectivity index (χ2n) is 6.24. The molecular formula is C17H21F3O4. The van der Waals surface area contributed by atoms with Crippen LogP contribution < -0.4 is 0 Å². The second kappa shape index (κ2) is 8.17.